The maximum absolute atomic E-state index is 13.1. The molecule has 0 bridgehead atoms. The second-order valence-corrected chi connectivity index (χ2v) is 3.97. The second kappa shape index (κ2) is 5.95. The average Bonchev–Trinajstić information content (AvgIpc) is 2.28. The molecule has 0 aliphatic carbocycles. The van der Waals surface area contributed by atoms with Gasteiger partial charge in [0.05, 0.1) is 5.02 Å². The van der Waals surface area contributed by atoms with Crippen molar-refractivity contribution in [2.24, 2.45) is 0 Å². The summed E-state index contributed by atoms with van der Waals surface area (Å²) in [6.07, 6.45) is -2.61. The van der Waals surface area contributed by atoms with Gasteiger partial charge in [0.25, 0.3) is 0 Å². The van der Waals surface area contributed by atoms with Crippen molar-refractivity contribution in [2.45, 2.75) is 19.1 Å². The Morgan fingerprint density at radius 1 is 1.53 bits per heavy atom. The van der Waals surface area contributed by atoms with Crippen molar-refractivity contribution in [3.05, 3.63) is 34.6 Å². The molecule has 1 aromatic rings. The van der Waals surface area contributed by atoms with Crippen LogP contribution < -0.4 is 5.32 Å². The minimum Gasteiger partial charge on any atom is -0.388 e. The molecule has 2 unspecified atom stereocenters. The zero-order valence-corrected chi connectivity index (χ0v) is 9.91. The molecule has 0 saturated heterocycles. The summed E-state index contributed by atoms with van der Waals surface area (Å²) in [5.41, 5.74) is 0.0875. The first-order valence-corrected chi connectivity index (χ1v) is 5.35. The van der Waals surface area contributed by atoms with Crippen LogP contribution in [0, 0.1) is 5.82 Å². The van der Waals surface area contributed by atoms with E-state index in [1.165, 1.54) is 19.1 Å². The van der Waals surface area contributed by atoms with Gasteiger partial charge in [-0.15, -0.1) is 0 Å². The van der Waals surface area contributed by atoms with Gasteiger partial charge in [0.15, 0.2) is 0 Å². The first-order valence-electron chi connectivity index (χ1n) is 4.98. The summed E-state index contributed by atoms with van der Waals surface area (Å²) in [5, 5.41) is 21.5. The molecule has 1 amide bonds. The molecule has 0 spiro atoms. The third kappa shape index (κ3) is 3.66. The predicted octanol–water partition coefficient (Wildman–Crippen LogP) is 1.01. The molecular formula is C11H13ClFNO3. The Morgan fingerprint density at radius 3 is 2.76 bits per heavy atom. The standard InChI is InChI=1S/C11H13ClFNO3/c1-6(15)14-5-9(16)11(17)7-3-2-4-8(13)10(7)12/h2-4,9,11,16-17H,5H2,1H3,(H,14,15). The van der Waals surface area contributed by atoms with E-state index in [9.17, 15) is 19.4 Å². The van der Waals surface area contributed by atoms with Gasteiger partial charge in [0, 0.05) is 19.0 Å². The molecule has 0 aliphatic heterocycles. The Bertz CT molecular complexity index is 414. The summed E-state index contributed by atoms with van der Waals surface area (Å²) < 4.78 is 13.1. The number of hydrogen-bond acceptors (Lipinski definition) is 3. The molecule has 3 N–H and O–H groups in total. The van der Waals surface area contributed by atoms with E-state index in [1.807, 2.05) is 0 Å². The number of halogens is 2. The van der Waals surface area contributed by atoms with E-state index in [1.54, 1.807) is 0 Å². The molecule has 0 saturated carbocycles. The lowest BCUT2D eigenvalue weighted by atomic mass is 10.0. The number of hydrogen-bond donors (Lipinski definition) is 3. The molecule has 1 aromatic carbocycles. The van der Waals surface area contributed by atoms with Crippen molar-refractivity contribution in [2.75, 3.05) is 6.54 Å². The third-order valence-corrected chi connectivity index (χ3v) is 2.62. The van der Waals surface area contributed by atoms with Crippen LogP contribution in [-0.2, 0) is 4.79 Å². The van der Waals surface area contributed by atoms with E-state index in [0.29, 0.717) is 0 Å². The average molecular weight is 262 g/mol. The predicted molar refractivity (Wildman–Crippen MR) is 61.1 cm³/mol. The quantitative estimate of drug-likeness (QED) is 0.758. The molecule has 4 nitrogen and oxygen atoms in total. The minimum absolute atomic E-state index is 0.0875. The highest BCUT2D eigenvalue weighted by Crippen LogP contribution is 2.27. The summed E-state index contributed by atoms with van der Waals surface area (Å²) in [6.45, 7) is 1.15. The van der Waals surface area contributed by atoms with Gasteiger partial charge in [-0.3, -0.25) is 4.79 Å². The largest absolute Gasteiger partial charge is 0.388 e. The van der Waals surface area contributed by atoms with Crippen LogP contribution in [0.1, 0.15) is 18.6 Å². The Hall–Kier alpha value is -1.17. The van der Waals surface area contributed by atoms with Crippen molar-refractivity contribution in [1.82, 2.24) is 5.32 Å². The molecule has 0 fully saturated rings. The lowest BCUT2D eigenvalue weighted by molar-refractivity contribution is -0.119. The molecule has 0 heterocycles. The Morgan fingerprint density at radius 2 is 2.18 bits per heavy atom. The maximum Gasteiger partial charge on any atom is 0.216 e. The number of nitrogens with one attached hydrogen (secondary N) is 1. The fraction of sp³-hybridized carbons (Fsp3) is 0.364. The monoisotopic (exact) mass is 261 g/mol. The number of carbonyl (C=O) groups is 1. The number of benzene rings is 1. The van der Waals surface area contributed by atoms with Crippen LogP contribution >= 0.6 is 11.6 Å². The lowest BCUT2D eigenvalue weighted by Crippen LogP contribution is -2.34. The van der Waals surface area contributed by atoms with Gasteiger partial charge >= 0.3 is 0 Å². The summed E-state index contributed by atoms with van der Waals surface area (Å²) in [6, 6.07) is 3.94. The van der Waals surface area contributed by atoms with Crippen molar-refractivity contribution < 1.29 is 19.4 Å². The molecule has 1 rings (SSSR count). The van der Waals surface area contributed by atoms with Gasteiger partial charge in [-0.2, -0.15) is 0 Å². The molecule has 0 aliphatic rings. The Kier molecular flexibility index (Phi) is 4.86. The summed E-state index contributed by atoms with van der Waals surface area (Å²) >= 11 is 5.66. The van der Waals surface area contributed by atoms with Crippen LogP contribution in [0.3, 0.4) is 0 Å². The zero-order chi connectivity index (χ0) is 13.0. The fourth-order valence-electron chi connectivity index (χ4n) is 1.32. The molecule has 0 radical (unpaired) electrons. The van der Waals surface area contributed by atoms with Gasteiger partial charge < -0.3 is 15.5 Å². The zero-order valence-electron chi connectivity index (χ0n) is 9.15. The van der Waals surface area contributed by atoms with E-state index < -0.39 is 18.0 Å². The van der Waals surface area contributed by atoms with E-state index in [4.69, 9.17) is 11.6 Å². The first-order chi connectivity index (χ1) is 7.93. The minimum atomic E-state index is -1.36. The van der Waals surface area contributed by atoms with Gasteiger partial charge in [-0.25, -0.2) is 4.39 Å². The Labute approximate surface area is 103 Å². The smallest absolute Gasteiger partial charge is 0.216 e. The van der Waals surface area contributed by atoms with Gasteiger partial charge in [-0.05, 0) is 6.07 Å². The van der Waals surface area contributed by atoms with Gasteiger partial charge in [0.1, 0.15) is 18.0 Å². The van der Waals surface area contributed by atoms with Crippen LogP contribution in [0.2, 0.25) is 5.02 Å². The Balaban J connectivity index is 2.77. The summed E-state index contributed by atoms with van der Waals surface area (Å²) in [5.74, 6) is -1.00. The normalized spacial score (nSPS) is 14.2. The van der Waals surface area contributed by atoms with E-state index in [0.717, 1.165) is 6.07 Å². The number of rotatable bonds is 4. The first kappa shape index (κ1) is 13.9. The number of carbonyl (C=O) groups excluding carboxylic acids is 1. The second-order valence-electron chi connectivity index (χ2n) is 3.59. The molecule has 0 aromatic heterocycles. The number of aliphatic hydroxyl groups excluding tert-OH is 2. The van der Waals surface area contributed by atoms with Crippen molar-refractivity contribution in [3.8, 4) is 0 Å². The lowest BCUT2D eigenvalue weighted by Gasteiger charge is -2.19. The van der Waals surface area contributed by atoms with Crippen molar-refractivity contribution in [3.63, 3.8) is 0 Å². The summed E-state index contributed by atoms with van der Waals surface area (Å²) in [4.78, 5) is 10.6. The highest BCUT2D eigenvalue weighted by Gasteiger charge is 2.22. The van der Waals surface area contributed by atoms with E-state index in [2.05, 4.69) is 5.32 Å². The summed E-state index contributed by atoms with van der Waals surface area (Å²) in [7, 11) is 0. The van der Waals surface area contributed by atoms with Gasteiger partial charge in [0.2, 0.25) is 5.91 Å². The SMILES string of the molecule is CC(=O)NCC(O)C(O)c1cccc(F)c1Cl. The topological polar surface area (TPSA) is 69.6 Å². The van der Waals surface area contributed by atoms with Crippen LogP contribution in [0.15, 0.2) is 18.2 Å². The van der Waals surface area contributed by atoms with Gasteiger partial charge in [-0.1, -0.05) is 23.7 Å². The highest BCUT2D eigenvalue weighted by molar-refractivity contribution is 6.31. The van der Waals surface area contributed by atoms with E-state index in [-0.39, 0.29) is 23.0 Å². The van der Waals surface area contributed by atoms with Crippen molar-refractivity contribution >= 4 is 17.5 Å². The molecular weight excluding hydrogens is 249 g/mol. The number of aliphatic hydroxyl groups is 2. The molecule has 2 atom stereocenters. The molecule has 94 valence electrons. The fourth-order valence-corrected chi connectivity index (χ4v) is 1.55. The molecule has 17 heavy (non-hydrogen) atoms. The van der Waals surface area contributed by atoms with Crippen LogP contribution in [0.4, 0.5) is 4.39 Å². The van der Waals surface area contributed by atoms with Crippen LogP contribution in [0.25, 0.3) is 0 Å². The van der Waals surface area contributed by atoms with Crippen LogP contribution in [-0.4, -0.2) is 28.8 Å². The number of amides is 1. The third-order valence-electron chi connectivity index (χ3n) is 2.22. The maximum atomic E-state index is 13.1. The highest BCUT2D eigenvalue weighted by atomic mass is 35.5. The van der Waals surface area contributed by atoms with E-state index >= 15 is 0 Å². The van der Waals surface area contributed by atoms with Crippen molar-refractivity contribution in [1.29, 1.82) is 0 Å². The van der Waals surface area contributed by atoms with Crippen LogP contribution in [0.5, 0.6) is 0 Å². The molecule has 6 heteroatoms.